The molecule has 0 spiro atoms. The van der Waals surface area contributed by atoms with E-state index in [1.165, 1.54) is 0 Å². The number of nitrogens with one attached hydrogen (secondary N) is 1. The van der Waals surface area contributed by atoms with E-state index in [9.17, 15) is 0 Å². The van der Waals surface area contributed by atoms with Crippen LogP contribution in [0.1, 0.15) is 25.7 Å². The van der Waals surface area contributed by atoms with Gasteiger partial charge in [0.25, 0.3) is 0 Å². The van der Waals surface area contributed by atoms with E-state index in [4.69, 9.17) is 5.11 Å². The van der Waals surface area contributed by atoms with E-state index in [1.807, 2.05) is 11.4 Å². The minimum Gasteiger partial charge on any atom is -0.396 e. The normalized spacial score (nSPS) is 10.9. The van der Waals surface area contributed by atoms with Gasteiger partial charge in [0.2, 0.25) is 0 Å². The van der Waals surface area contributed by atoms with Crippen LogP contribution in [0.25, 0.3) is 10.2 Å². The fourth-order valence-corrected chi connectivity index (χ4v) is 2.46. The second kappa shape index (κ2) is 6.51. The van der Waals surface area contributed by atoms with E-state index in [0.717, 1.165) is 48.3 Å². The van der Waals surface area contributed by atoms with Gasteiger partial charge in [-0.05, 0) is 24.3 Å². The molecule has 0 aliphatic rings. The Labute approximate surface area is 105 Å². The molecule has 0 saturated heterocycles. The molecular formula is C12H17N3OS. The van der Waals surface area contributed by atoms with Crippen molar-refractivity contribution in [2.24, 2.45) is 0 Å². The maximum Gasteiger partial charge on any atom is 0.138 e. The van der Waals surface area contributed by atoms with Gasteiger partial charge in [-0.15, -0.1) is 11.3 Å². The van der Waals surface area contributed by atoms with Crippen LogP contribution in [0.3, 0.4) is 0 Å². The molecule has 0 amide bonds. The molecule has 0 unspecified atom stereocenters. The third-order valence-electron chi connectivity index (χ3n) is 2.64. The third-order valence-corrected chi connectivity index (χ3v) is 3.46. The summed E-state index contributed by atoms with van der Waals surface area (Å²) < 4.78 is 0. The zero-order valence-corrected chi connectivity index (χ0v) is 10.5. The largest absolute Gasteiger partial charge is 0.396 e. The van der Waals surface area contributed by atoms with Crippen molar-refractivity contribution in [2.45, 2.75) is 25.7 Å². The number of fused-ring (bicyclic) bond motifs is 1. The van der Waals surface area contributed by atoms with Crippen molar-refractivity contribution in [3.63, 3.8) is 0 Å². The molecule has 92 valence electrons. The molecule has 0 aliphatic carbocycles. The van der Waals surface area contributed by atoms with Crippen molar-refractivity contribution in [3.8, 4) is 0 Å². The average Bonchev–Trinajstić information content (AvgIpc) is 2.82. The van der Waals surface area contributed by atoms with Crippen molar-refractivity contribution in [2.75, 3.05) is 18.5 Å². The minimum absolute atomic E-state index is 0.300. The van der Waals surface area contributed by atoms with Crippen LogP contribution in [0.15, 0.2) is 17.8 Å². The highest BCUT2D eigenvalue weighted by Crippen LogP contribution is 2.23. The van der Waals surface area contributed by atoms with Gasteiger partial charge >= 0.3 is 0 Å². The monoisotopic (exact) mass is 251 g/mol. The summed E-state index contributed by atoms with van der Waals surface area (Å²) in [4.78, 5) is 9.50. The summed E-state index contributed by atoms with van der Waals surface area (Å²) in [6.45, 7) is 1.22. The lowest BCUT2D eigenvalue weighted by molar-refractivity contribution is 0.283. The summed E-state index contributed by atoms with van der Waals surface area (Å²) >= 11 is 1.63. The molecule has 0 saturated carbocycles. The second-order valence-corrected chi connectivity index (χ2v) is 4.82. The van der Waals surface area contributed by atoms with Gasteiger partial charge < -0.3 is 10.4 Å². The molecule has 5 heteroatoms. The highest BCUT2D eigenvalue weighted by molar-refractivity contribution is 7.16. The van der Waals surface area contributed by atoms with Crippen molar-refractivity contribution >= 4 is 27.4 Å². The van der Waals surface area contributed by atoms with Crippen LogP contribution >= 0.6 is 11.3 Å². The molecule has 0 aromatic carbocycles. The SMILES string of the molecule is OCCCCCCNc1ncnc2sccc12. The van der Waals surface area contributed by atoms with Gasteiger partial charge in [0.15, 0.2) is 0 Å². The Morgan fingerprint density at radius 2 is 2.06 bits per heavy atom. The van der Waals surface area contributed by atoms with E-state index in [0.29, 0.717) is 6.61 Å². The number of aromatic nitrogens is 2. The summed E-state index contributed by atoms with van der Waals surface area (Å²) in [5, 5.41) is 15.1. The van der Waals surface area contributed by atoms with Gasteiger partial charge in [-0.25, -0.2) is 9.97 Å². The number of hydrogen-bond donors (Lipinski definition) is 2. The van der Waals surface area contributed by atoms with Crippen LogP contribution in [0, 0.1) is 0 Å². The van der Waals surface area contributed by atoms with Crippen molar-refractivity contribution in [1.82, 2.24) is 9.97 Å². The summed E-state index contributed by atoms with van der Waals surface area (Å²) in [6.07, 6.45) is 5.85. The maximum absolute atomic E-state index is 8.66. The topological polar surface area (TPSA) is 58.0 Å². The lowest BCUT2D eigenvalue weighted by Gasteiger charge is -2.05. The second-order valence-electron chi connectivity index (χ2n) is 3.93. The van der Waals surface area contributed by atoms with Crippen molar-refractivity contribution in [1.29, 1.82) is 0 Å². The molecular weight excluding hydrogens is 234 g/mol. The van der Waals surface area contributed by atoms with E-state index < -0.39 is 0 Å². The Balaban J connectivity index is 1.80. The zero-order valence-electron chi connectivity index (χ0n) is 9.72. The molecule has 2 rings (SSSR count). The summed E-state index contributed by atoms with van der Waals surface area (Å²) in [5.41, 5.74) is 0. The van der Waals surface area contributed by atoms with Gasteiger partial charge in [0.1, 0.15) is 17.0 Å². The van der Waals surface area contributed by atoms with E-state index in [-0.39, 0.29) is 0 Å². The van der Waals surface area contributed by atoms with Crippen molar-refractivity contribution < 1.29 is 5.11 Å². The number of nitrogens with zero attached hydrogens (tertiary/aromatic N) is 2. The third kappa shape index (κ3) is 3.38. The fourth-order valence-electron chi connectivity index (χ4n) is 1.73. The average molecular weight is 251 g/mol. The molecule has 2 aromatic heterocycles. The summed E-state index contributed by atoms with van der Waals surface area (Å²) in [7, 11) is 0. The Morgan fingerprint density at radius 1 is 1.18 bits per heavy atom. The molecule has 0 fully saturated rings. The molecule has 0 radical (unpaired) electrons. The summed E-state index contributed by atoms with van der Waals surface area (Å²) in [5.74, 6) is 0.929. The van der Waals surface area contributed by atoms with Gasteiger partial charge in [-0.1, -0.05) is 12.8 Å². The van der Waals surface area contributed by atoms with Crippen LogP contribution in [-0.2, 0) is 0 Å². The van der Waals surface area contributed by atoms with Gasteiger partial charge in [-0.3, -0.25) is 0 Å². The molecule has 2 heterocycles. The smallest absolute Gasteiger partial charge is 0.138 e. The lowest BCUT2D eigenvalue weighted by Crippen LogP contribution is -2.03. The van der Waals surface area contributed by atoms with Gasteiger partial charge in [0.05, 0.1) is 5.39 Å². The van der Waals surface area contributed by atoms with Crippen LogP contribution < -0.4 is 5.32 Å². The maximum atomic E-state index is 8.66. The number of anilines is 1. The molecule has 4 nitrogen and oxygen atoms in total. The number of aliphatic hydroxyl groups is 1. The van der Waals surface area contributed by atoms with Crippen molar-refractivity contribution in [3.05, 3.63) is 17.8 Å². The number of unbranched alkanes of at least 4 members (excludes halogenated alkanes) is 3. The fraction of sp³-hybridized carbons (Fsp3) is 0.500. The van der Waals surface area contributed by atoms with E-state index in [2.05, 4.69) is 15.3 Å². The standard InChI is InChI=1S/C12H17N3OS/c16-7-4-2-1-3-6-13-11-10-5-8-17-12(10)15-9-14-11/h5,8-9,16H,1-4,6-7H2,(H,13,14,15). The lowest BCUT2D eigenvalue weighted by atomic mass is 10.2. The first-order valence-corrected chi connectivity index (χ1v) is 6.82. The highest BCUT2D eigenvalue weighted by Gasteiger charge is 2.03. The Morgan fingerprint density at radius 3 is 2.94 bits per heavy atom. The van der Waals surface area contributed by atoms with Gasteiger partial charge in [0, 0.05) is 13.2 Å². The Kier molecular flexibility index (Phi) is 4.70. The Hall–Kier alpha value is -1.20. The number of aliphatic hydroxyl groups excluding tert-OH is 1. The predicted molar refractivity (Wildman–Crippen MR) is 71.5 cm³/mol. The molecule has 2 aromatic rings. The van der Waals surface area contributed by atoms with Crippen LogP contribution in [0.5, 0.6) is 0 Å². The van der Waals surface area contributed by atoms with Gasteiger partial charge in [-0.2, -0.15) is 0 Å². The number of hydrogen-bond acceptors (Lipinski definition) is 5. The number of rotatable bonds is 7. The quantitative estimate of drug-likeness (QED) is 0.743. The molecule has 17 heavy (non-hydrogen) atoms. The zero-order chi connectivity index (χ0) is 11.9. The van der Waals surface area contributed by atoms with Crippen LogP contribution in [-0.4, -0.2) is 28.2 Å². The predicted octanol–water partition coefficient (Wildman–Crippen LogP) is 2.66. The van der Waals surface area contributed by atoms with E-state index >= 15 is 0 Å². The summed E-state index contributed by atoms with van der Waals surface area (Å²) in [6, 6.07) is 2.05. The molecule has 2 N–H and O–H groups in total. The first-order valence-electron chi connectivity index (χ1n) is 5.95. The number of thiophene rings is 1. The van der Waals surface area contributed by atoms with Crippen LogP contribution in [0.2, 0.25) is 0 Å². The minimum atomic E-state index is 0.300. The Bertz CT molecular complexity index is 458. The van der Waals surface area contributed by atoms with Crippen LogP contribution in [0.4, 0.5) is 5.82 Å². The highest BCUT2D eigenvalue weighted by atomic mass is 32.1. The molecule has 0 bridgehead atoms. The molecule has 0 atom stereocenters. The first-order chi connectivity index (χ1) is 8.42. The van der Waals surface area contributed by atoms with E-state index in [1.54, 1.807) is 17.7 Å². The molecule has 0 aliphatic heterocycles. The first kappa shape index (κ1) is 12.3.